The van der Waals surface area contributed by atoms with Gasteiger partial charge in [-0.2, -0.15) is 5.26 Å². The van der Waals surface area contributed by atoms with Crippen LogP contribution in [-0.4, -0.2) is 4.92 Å². The van der Waals surface area contributed by atoms with Gasteiger partial charge in [0.25, 0.3) is 5.69 Å². The van der Waals surface area contributed by atoms with Gasteiger partial charge in [-0.05, 0) is 11.6 Å². The van der Waals surface area contributed by atoms with Crippen LogP contribution in [0.3, 0.4) is 0 Å². The highest BCUT2D eigenvalue weighted by molar-refractivity contribution is 6.53. The summed E-state index contributed by atoms with van der Waals surface area (Å²) in [6.07, 6.45) is 0. The minimum atomic E-state index is -0.516. The zero-order valence-corrected chi connectivity index (χ0v) is 11.0. The Morgan fingerprint density at radius 3 is 2.30 bits per heavy atom. The molecule has 4 nitrogen and oxygen atoms in total. The number of allylic oxidation sites excluding steroid dienone is 1. The maximum Gasteiger partial charge on any atom is 0.278 e. The molecule has 0 radical (unpaired) electrons. The second-order valence-electron chi connectivity index (χ2n) is 3.94. The van der Waals surface area contributed by atoms with E-state index in [4.69, 9.17) is 11.6 Å². The van der Waals surface area contributed by atoms with E-state index >= 15 is 0 Å². The number of nitriles is 1. The largest absolute Gasteiger partial charge is 0.278 e. The smallest absolute Gasteiger partial charge is 0.258 e. The van der Waals surface area contributed by atoms with Crippen LogP contribution in [0.1, 0.15) is 11.1 Å². The summed E-state index contributed by atoms with van der Waals surface area (Å²) in [4.78, 5) is 10.5. The third-order valence-electron chi connectivity index (χ3n) is 2.73. The van der Waals surface area contributed by atoms with E-state index in [0.29, 0.717) is 5.56 Å². The predicted octanol–water partition coefficient (Wildman–Crippen LogP) is 4.23. The Balaban J connectivity index is 2.65. The van der Waals surface area contributed by atoms with Crippen molar-refractivity contribution in [1.82, 2.24) is 0 Å². The molecule has 0 aliphatic heterocycles. The van der Waals surface area contributed by atoms with E-state index in [1.54, 1.807) is 36.4 Å². The van der Waals surface area contributed by atoms with Gasteiger partial charge >= 0.3 is 0 Å². The molecule has 20 heavy (non-hydrogen) atoms. The maximum absolute atomic E-state index is 11.0. The molecule has 0 saturated carbocycles. The normalized spacial score (nSPS) is 11.4. The Kier molecular flexibility index (Phi) is 4.14. The van der Waals surface area contributed by atoms with Gasteiger partial charge in [0.05, 0.1) is 21.1 Å². The molecule has 0 amide bonds. The third kappa shape index (κ3) is 2.68. The Hall–Kier alpha value is -2.64. The molecule has 0 unspecified atom stereocenters. The van der Waals surface area contributed by atoms with Gasteiger partial charge in [0.1, 0.15) is 6.07 Å². The second kappa shape index (κ2) is 6.00. The molecule has 2 aromatic rings. The fraction of sp³-hybridized carbons (Fsp3) is 0. The van der Waals surface area contributed by atoms with Crippen LogP contribution in [-0.2, 0) is 0 Å². The molecule has 0 heterocycles. The molecule has 0 aliphatic rings. The van der Waals surface area contributed by atoms with Crippen molar-refractivity contribution in [2.45, 2.75) is 0 Å². The fourth-order valence-corrected chi connectivity index (χ4v) is 2.11. The minimum absolute atomic E-state index is 0.0750. The van der Waals surface area contributed by atoms with E-state index in [-0.39, 0.29) is 21.9 Å². The summed E-state index contributed by atoms with van der Waals surface area (Å²) < 4.78 is 0. The molecule has 0 spiro atoms. The number of para-hydroxylation sites is 1. The quantitative estimate of drug-likeness (QED) is 0.367. The highest BCUT2D eigenvalue weighted by Gasteiger charge is 2.18. The average molecular weight is 285 g/mol. The van der Waals surface area contributed by atoms with Crippen molar-refractivity contribution < 1.29 is 4.92 Å². The molecule has 5 heteroatoms. The molecule has 0 aromatic heterocycles. The molecular weight excluding hydrogens is 276 g/mol. The van der Waals surface area contributed by atoms with Crippen molar-refractivity contribution in [3.8, 4) is 6.07 Å². The van der Waals surface area contributed by atoms with Crippen LogP contribution in [0.4, 0.5) is 5.69 Å². The van der Waals surface area contributed by atoms with Gasteiger partial charge in [-0.25, -0.2) is 0 Å². The van der Waals surface area contributed by atoms with Crippen molar-refractivity contribution in [3.05, 3.63) is 75.8 Å². The number of hydrogen-bond acceptors (Lipinski definition) is 3. The van der Waals surface area contributed by atoms with Crippen LogP contribution in [0.5, 0.6) is 0 Å². The van der Waals surface area contributed by atoms with Gasteiger partial charge in [-0.1, -0.05) is 54.1 Å². The summed E-state index contributed by atoms with van der Waals surface area (Å²) in [6.45, 7) is 0. The van der Waals surface area contributed by atoms with E-state index in [2.05, 4.69) is 0 Å². The summed E-state index contributed by atoms with van der Waals surface area (Å²) >= 11 is 6.21. The van der Waals surface area contributed by atoms with Crippen LogP contribution in [0.2, 0.25) is 0 Å². The number of hydrogen-bond donors (Lipinski definition) is 0. The van der Waals surface area contributed by atoms with Crippen LogP contribution in [0.15, 0.2) is 54.6 Å². The lowest BCUT2D eigenvalue weighted by atomic mass is 10.0. The molecule has 2 rings (SSSR count). The van der Waals surface area contributed by atoms with Gasteiger partial charge < -0.3 is 0 Å². The molecule has 98 valence electrons. The summed E-state index contributed by atoms with van der Waals surface area (Å²) in [5, 5.41) is 20.4. The van der Waals surface area contributed by atoms with Crippen LogP contribution in [0.25, 0.3) is 10.6 Å². The van der Waals surface area contributed by atoms with E-state index < -0.39 is 4.92 Å². The van der Waals surface area contributed by atoms with Crippen LogP contribution < -0.4 is 0 Å². The van der Waals surface area contributed by atoms with Crippen molar-refractivity contribution >= 4 is 27.9 Å². The number of rotatable bonds is 3. The van der Waals surface area contributed by atoms with Gasteiger partial charge in [0.15, 0.2) is 0 Å². The third-order valence-corrected chi connectivity index (χ3v) is 3.12. The maximum atomic E-state index is 11.0. The van der Waals surface area contributed by atoms with Crippen molar-refractivity contribution in [1.29, 1.82) is 5.26 Å². The average Bonchev–Trinajstić information content (AvgIpc) is 2.49. The van der Waals surface area contributed by atoms with E-state index in [1.807, 2.05) is 12.1 Å². The van der Waals surface area contributed by atoms with Gasteiger partial charge in [0, 0.05) is 6.07 Å². The molecule has 0 bridgehead atoms. The van der Waals surface area contributed by atoms with Crippen molar-refractivity contribution in [2.75, 3.05) is 0 Å². The van der Waals surface area contributed by atoms with Crippen LogP contribution >= 0.6 is 11.6 Å². The second-order valence-corrected chi connectivity index (χ2v) is 4.32. The Labute approximate surface area is 120 Å². The monoisotopic (exact) mass is 284 g/mol. The minimum Gasteiger partial charge on any atom is -0.258 e. The van der Waals surface area contributed by atoms with Crippen LogP contribution in [0, 0.1) is 21.4 Å². The highest BCUT2D eigenvalue weighted by Crippen LogP contribution is 2.34. The lowest BCUT2D eigenvalue weighted by Gasteiger charge is -2.05. The molecule has 0 fully saturated rings. The van der Waals surface area contributed by atoms with Gasteiger partial charge in [-0.3, -0.25) is 10.1 Å². The summed E-state index contributed by atoms with van der Waals surface area (Å²) in [5.74, 6) is 0. The SMILES string of the molecule is N#CC(=C(Cl)c1ccccc1[N+](=O)[O-])c1ccccc1. The van der Waals surface area contributed by atoms with Gasteiger partial charge in [-0.15, -0.1) is 0 Å². The molecule has 2 aromatic carbocycles. The van der Waals surface area contributed by atoms with E-state index in [9.17, 15) is 15.4 Å². The predicted molar refractivity (Wildman–Crippen MR) is 77.8 cm³/mol. The standard InChI is InChI=1S/C15H9ClN2O2/c16-15(12-8-4-5-9-14(12)18(19)20)13(10-17)11-6-2-1-3-7-11/h1-9H. The molecular formula is C15H9ClN2O2. The first-order chi connectivity index (χ1) is 9.65. The van der Waals surface area contributed by atoms with E-state index in [1.165, 1.54) is 12.1 Å². The summed E-state index contributed by atoms with van der Waals surface area (Å²) in [5.41, 5.74) is 0.945. The number of nitro groups is 1. The van der Waals surface area contributed by atoms with Gasteiger partial charge in [0.2, 0.25) is 0 Å². The summed E-state index contributed by atoms with van der Waals surface area (Å²) in [7, 11) is 0. The number of halogens is 1. The Morgan fingerprint density at radius 1 is 1.10 bits per heavy atom. The van der Waals surface area contributed by atoms with Crippen molar-refractivity contribution in [3.63, 3.8) is 0 Å². The zero-order valence-electron chi connectivity index (χ0n) is 10.3. The lowest BCUT2D eigenvalue weighted by Crippen LogP contribution is -1.94. The fourth-order valence-electron chi connectivity index (χ4n) is 1.80. The number of benzene rings is 2. The molecule has 0 atom stereocenters. The Morgan fingerprint density at radius 2 is 1.70 bits per heavy atom. The highest BCUT2D eigenvalue weighted by atomic mass is 35.5. The number of nitrogens with zero attached hydrogens (tertiary/aromatic N) is 2. The van der Waals surface area contributed by atoms with E-state index in [0.717, 1.165) is 0 Å². The molecule has 0 N–H and O–H groups in total. The Bertz CT molecular complexity index is 718. The zero-order chi connectivity index (χ0) is 14.5. The first-order valence-corrected chi connectivity index (χ1v) is 6.12. The first-order valence-electron chi connectivity index (χ1n) is 5.74. The number of nitro benzene ring substituents is 1. The molecule has 0 aliphatic carbocycles. The topological polar surface area (TPSA) is 66.9 Å². The molecule has 0 saturated heterocycles. The summed E-state index contributed by atoms with van der Waals surface area (Å²) in [6, 6.07) is 16.9. The lowest BCUT2D eigenvalue weighted by molar-refractivity contribution is -0.385. The first kappa shape index (κ1) is 13.8. The van der Waals surface area contributed by atoms with Crippen molar-refractivity contribution in [2.24, 2.45) is 0 Å².